The maximum Gasteiger partial charge on any atom is 0.307 e. The third-order valence-electron chi connectivity index (χ3n) is 2.53. The predicted molar refractivity (Wildman–Crippen MR) is 71.2 cm³/mol. The van der Waals surface area contributed by atoms with Crippen LogP contribution in [0.25, 0.3) is 5.69 Å². The Bertz CT molecular complexity index is 738. The third-order valence-corrected chi connectivity index (χ3v) is 2.53. The van der Waals surface area contributed by atoms with Crippen molar-refractivity contribution in [2.75, 3.05) is 5.32 Å². The lowest BCUT2D eigenvalue weighted by Gasteiger charge is -2.06. The van der Waals surface area contributed by atoms with Crippen molar-refractivity contribution in [3.8, 4) is 5.69 Å². The number of nitrogens with one attached hydrogen (secondary N) is 1. The highest BCUT2D eigenvalue weighted by molar-refractivity contribution is 5.91. The highest BCUT2D eigenvalue weighted by atomic mass is 16.6. The molecule has 1 aromatic carbocycles. The fourth-order valence-corrected chi connectivity index (χ4v) is 1.66. The van der Waals surface area contributed by atoms with E-state index in [0.717, 1.165) is 17.1 Å². The number of rotatable bonds is 4. The van der Waals surface area contributed by atoms with Crippen LogP contribution < -0.4 is 5.32 Å². The molecule has 10 heteroatoms. The van der Waals surface area contributed by atoms with Gasteiger partial charge in [0.2, 0.25) is 5.91 Å². The van der Waals surface area contributed by atoms with E-state index in [0.29, 0.717) is 0 Å². The summed E-state index contributed by atoms with van der Waals surface area (Å²) in [4.78, 5) is 31.3. The number of carbonyl (C=O) groups excluding carboxylic acids is 1. The second-order valence-corrected chi connectivity index (χ2v) is 4.04. The predicted octanol–water partition coefficient (Wildman–Crippen LogP) is 1.65. The fourth-order valence-electron chi connectivity index (χ4n) is 1.66. The summed E-state index contributed by atoms with van der Waals surface area (Å²) in [6.45, 7) is 1.23. The second-order valence-electron chi connectivity index (χ2n) is 4.04. The molecule has 0 aliphatic carbocycles. The van der Waals surface area contributed by atoms with E-state index in [1.54, 1.807) is 0 Å². The van der Waals surface area contributed by atoms with Crippen molar-refractivity contribution >= 4 is 23.0 Å². The normalized spacial score (nSPS) is 10.1. The largest absolute Gasteiger partial charge is 0.321 e. The molecule has 2 rings (SSSR count). The van der Waals surface area contributed by atoms with Crippen LogP contribution in [-0.2, 0) is 4.79 Å². The Labute approximate surface area is 117 Å². The minimum Gasteiger partial charge on any atom is -0.321 e. The van der Waals surface area contributed by atoms with Gasteiger partial charge < -0.3 is 5.32 Å². The molecule has 0 spiro atoms. The van der Waals surface area contributed by atoms with Crippen molar-refractivity contribution in [2.45, 2.75) is 6.92 Å². The van der Waals surface area contributed by atoms with Crippen molar-refractivity contribution in [2.24, 2.45) is 0 Å². The van der Waals surface area contributed by atoms with Crippen molar-refractivity contribution in [3.05, 3.63) is 50.8 Å². The van der Waals surface area contributed by atoms with Crippen LogP contribution in [0.2, 0.25) is 0 Å². The summed E-state index contributed by atoms with van der Waals surface area (Å²) < 4.78 is 1.14. The minimum absolute atomic E-state index is 0.0397. The highest BCUT2D eigenvalue weighted by Gasteiger charge is 2.17. The first-order chi connectivity index (χ1) is 9.88. The number of aromatic nitrogens is 2. The lowest BCUT2D eigenvalue weighted by Crippen LogP contribution is -2.08. The maximum absolute atomic E-state index is 11.0. The molecule has 2 aromatic rings. The Morgan fingerprint density at radius 3 is 2.52 bits per heavy atom. The van der Waals surface area contributed by atoms with Crippen molar-refractivity contribution < 1.29 is 14.6 Å². The first-order valence-corrected chi connectivity index (χ1v) is 5.64. The van der Waals surface area contributed by atoms with Gasteiger partial charge in [-0.15, -0.1) is 0 Å². The van der Waals surface area contributed by atoms with E-state index in [1.807, 2.05) is 0 Å². The van der Waals surface area contributed by atoms with Gasteiger partial charge in [0.25, 0.3) is 5.69 Å². The summed E-state index contributed by atoms with van der Waals surface area (Å²) >= 11 is 0. The fraction of sp³-hybridized carbons (Fsp3) is 0.0909. The van der Waals surface area contributed by atoms with Crippen LogP contribution in [0.15, 0.2) is 30.6 Å². The molecule has 1 heterocycles. The SMILES string of the molecule is CC(=O)Nc1ccc(-n2cc([N+](=O)[O-])cn2)cc1[N+](=O)[O-]. The standard InChI is InChI=1S/C11H9N5O5/c1-7(17)13-10-3-2-8(4-11(10)16(20)21)14-6-9(5-12-14)15(18)19/h2-6H,1H3,(H,13,17). The number of amides is 1. The van der Waals surface area contributed by atoms with Crippen molar-refractivity contribution in [3.63, 3.8) is 0 Å². The Morgan fingerprint density at radius 1 is 1.29 bits per heavy atom. The zero-order chi connectivity index (χ0) is 15.6. The average molecular weight is 291 g/mol. The molecule has 1 amide bonds. The summed E-state index contributed by atoms with van der Waals surface area (Å²) in [5.41, 5.74) is -0.258. The van der Waals surface area contributed by atoms with Crippen LogP contribution in [0.5, 0.6) is 0 Å². The molecular weight excluding hydrogens is 282 g/mol. The van der Waals surface area contributed by atoms with Gasteiger partial charge >= 0.3 is 5.69 Å². The molecule has 0 atom stereocenters. The number of benzene rings is 1. The smallest absolute Gasteiger partial charge is 0.307 e. The van der Waals surface area contributed by atoms with Crippen LogP contribution in [0.3, 0.4) is 0 Å². The molecule has 21 heavy (non-hydrogen) atoms. The van der Waals surface area contributed by atoms with E-state index in [9.17, 15) is 25.0 Å². The van der Waals surface area contributed by atoms with Gasteiger partial charge in [0.05, 0.1) is 15.5 Å². The van der Waals surface area contributed by atoms with E-state index in [-0.39, 0.29) is 22.7 Å². The molecule has 0 aliphatic rings. The van der Waals surface area contributed by atoms with Gasteiger partial charge in [-0.25, -0.2) is 4.68 Å². The number of anilines is 1. The van der Waals surface area contributed by atoms with Gasteiger partial charge in [0.1, 0.15) is 18.1 Å². The Hall–Kier alpha value is -3.30. The third kappa shape index (κ3) is 3.00. The van der Waals surface area contributed by atoms with Crippen LogP contribution in [0.1, 0.15) is 6.92 Å². The first-order valence-electron chi connectivity index (χ1n) is 5.64. The Kier molecular flexibility index (Phi) is 3.61. The van der Waals surface area contributed by atoms with Gasteiger partial charge in [-0.1, -0.05) is 0 Å². The maximum atomic E-state index is 11.0. The van der Waals surface area contributed by atoms with Crippen molar-refractivity contribution in [1.29, 1.82) is 0 Å². The second kappa shape index (κ2) is 5.36. The highest BCUT2D eigenvalue weighted by Crippen LogP contribution is 2.27. The van der Waals surface area contributed by atoms with E-state index >= 15 is 0 Å². The van der Waals surface area contributed by atoms with Gasteiger partial charge in [-0.2, -0.15) is 5.10 Å². The monoisotopic (exact) mass is 291 g/mol. The molecule has 108 valence electrons. The summed E-state index contributed by atoms with van der Waals surface area (Å²) in [6.07, 6.45) is 2.17. The van der Waals surface area contributed by atoms with Crippen molar-refractivity contribution in [1.82, 2.24) is 9.78 Å². The molecule has 10 nitrogen and oxygen atoms in total. The zero-order valence-electron chi connectivity index (χ0n) is 10.7. The summed E-state index contributed by atoms with van der Waals surface area (Å²) in [6, 6.07) is 3.96. The molecule has 1 N–H and O–H groups in total. The summed E-state index contributed by atoms with van der Waals surface area (Å²) in [5.74, 6) is -0.444. The molecular formula is C11H9N5O5. The topological polar surface area (TPSA) is 133 Å². The number of nitro benzene ring substituents is 1. The van der Waals surface area contributed by atoms with Gasteiger partial charge in [0.15, 0.2) is 0 Å². The van der Waals surface area contributed by atoms with Gasteiger partial charge in [-0.05, 0) is 12.1 Å². The quantitative estimate of drug-likeness (QED) is 0.672. The van der Waals surface area contributed by atoms with Crippen LogP contribution in [0.4, 0.5) is 17.1 Å². The molecule has 0 saturated carbocycles. The molecule has 1 aromatic heterocycles. The summed E-state index contributed by atoms with van der Waals surface area (Å²) in [7, 11) is 0. The van der Waals surface area contributed by atoms with Crippen LogP contribution >= 0.6 is 0 Å². The average Bonchev–Trinajstić information content (AvgIpc) is 2.88. The van der Waals surface area contributed by atoms with Gasteiger partial charge in [0, 0.05) is 13.0 Å². The van der Waals surface area contributed by atoms with E-state index in [4.69, 9.17) is 0 Å². The number of hydrogen-bond donors (Lipinski definition) is 1. The number of nitrogens with zero attached hydrogens (tertiary/aromatic N) is 4. The number of carbonyl (C=O) groups is 1. The Morgan fingerprint density at radius 2 is 2.00 bits per heavy atom. The lowest BCUT2D eigenvalue weighted by atomic mass is 10.2. The van der Waals surface area contributed by atoms with E-state index < -0.39 is 15.8 Å². The van der Waals surface area contributed by atoms with E-state index in [2.05, 4.69) is 10.4 Å². The Balaban J connectivity index is 2.45. The lowest BCUT2D eigenvalue weighted by molar-refractivity contribution is -0.385. The number of hydrogen-bond acceptors (Lipinski definition) is 6. The molecule has 0 unspecified atom stereocenters. The van der Waals surface area contributed by atoms with Crippen LogP contribution in [-0.4, -0.2) is 25.5 Å². The van der Waals surface area contributed by atoms with Crippen LogP contribution in [0, 0.1) is 20.2 Å². The first kappa shape index (κ1) is 14.1. The molecule has 0 saturated heterocycles. The molecule has 0 aliphatic heterocycles. The molecule has 0 fully saturated rings. The summed E-state index contributed by atoms with van der Waals surface area (Å²) in [5, 5.41) is 27.7. The van der Waals surface area contributed by atoms with Gasteiger partial charge in [-0.3, -0.25) is 25.0 Å². The minimum atomic E-state index is -0.660. The molecule has 0 bridgehead atoms. The van der Waals surface area contributed by atoms with E-state index in [1.165, 1.54) is 25.1 Å². The zero-order valence-corrected chi connectivity index (χ0v) is 10.7. The number of nitro groups is 2. The molecule has 0 radical (unpaired) electrons.